The topological polar surface area (TPSA) is 69.9 Å². The number of rotatable bonds is 3. The molecule has 0 aromatic heterocycles. The van der Waals surface area contributed by atoms with Gasteiger partial charge in [-0.15, -0.1) is 12.6 Å². The smallest absolute Gasteiger partial charge is 0.357 e. The van der Waals surface area contributed by atoms with E-state index in [1.165, 1.54) is 48.7 Å². The summed E-state index contributed by atoms with van der Waals surface area (Å²) in [7, 11) is 0. The highest BCUT2D eigenvalue weighted by Crippen LogP contribution is 2.47. The Morgan fingerprint density at radius 1 is 1.54 bits per heavy atom. The van der Waals surface area contributed by atoms with Crippen LogP contribution in [0.3, 0.4) is 0 Å². The Balaban J connectivity index is 0.000000265. The van der Waals surface area contributed by atoms with Gasteiger partial charge < -0.3 is 9.84 Å². The molecule has 0 spiro atoms. The van der Waals surface area contributed by atoms with Crippen LogP contribution in [0.1, 0.15) is 26.2 Å². The van der Waals surface area contributed by atoms with Crippen LogP contribution in [0.4, 0.5) is 0 Å². The predicted molar refractivity (Wildman–Crippen MR) is 99.1 cm³/mol. The molecule has 2 fully saturated rings. The Bertz CT molecular complexity index is 526. The van der Waals surface area contributed by atoms with Gasteiger partial charge in [-0.05, 0) is 6.92 Å². The fourth-order valence-corrected chi connectivity index (χ4v) is 3.88. The number of aliphatic hydroxyl groups excluding tert-OH is 1. The fraction of sp³-hybridized carbons (Fsp3) is 0.562. The van der Waals surface area contributed by atoms with Crippen molar-refractivity contribution >= 4 is 43.0 Å². The van der Waals surface area contributed by atoms with Gasteiger partial charge in [0.15, 0.2) is 5.70 Å². The van der Waals surface area contributed by atoms with Crippen molar-refractivity contribution in [3.8, 4) is 0 Å². The van der Waals surface area contributed by atoms with E-state index in [2.05, 4.69) is 30.5 Å². The SMILES string of the molecule is C=CCOC(=O)C1=C(S)SC2CC(=O)N12.C=[N+]1CCCC1.CCO. The van der Waals surface area contributed by atoms with Crippen molar-refractivity contribution in [1.29, 1.82) is 0 Å². The highest BCUT2D eigenvalue weighted by molar-refractivity contribution is 8.16. The van der Waals surface area contributed by atoms with Crippen molar-refractivity contribution < 1.29 is 24.0 Å². The summed E-state index contributed by atoms with van der Waals surface area (Å²) >= 11 is 5.58. The van der Waals surface area contributed by atoms with Crippen LogP contribution in [-0.4, -0.2) is 64.9 Å². The van der Waals surface area contributed by atoms with E-state index in [1.807, 2.05) is 0 Å². The van der Waals surface area contributed by atoms with Crippen LogP contribution in [0.25, 0.3) is 0 Å². The first kappa shape index (κ1) is 20.8. The molecule has 24 heavy (non-hydrogen) atoms. The summed E-state index contributed by atoms with van der Waals surface area (Å²) < 4.78 is 7.54. The zero-order valence-corrected chi connectivity index (χ0v) is 15.7. The molecule has 1 atom stereocenters. The summed E-state index contributed by atoms with van der Waals surface area (Å²) in [5.74, 6) is -0.565. The maximum atomic E-state index is 11.6. The van der Waals surface area contributed by atoms with Crippen molar-refractivity contribution in [2.45, 2.75) is 31.6 Å². The molecule has 0 bridgehead atoms. The zero-order chi connectivity index (χ0) is 18.1. The molecular formula is C16H25N2O4S2+. The van der Waals surface area contributed by atoms with E-state index in [9.17, 15) is 9.59 Å². The molecule has 0 aliphatic carbocycles. The lowest BCUT2D eigenvalue weighted by Crippen LogP contribution is -2.48. The lowest BCUT2D eigenvalue weighted by molar-refractivity contribution is -0.497. The maximum absolute atomic E-state index is 11.6. The standard InChI is InChI=1S/C9H9NO3S2.C5H10N.C2H6O/c1-2-3-13-8(12)7-9(14)15-6-4-5(11)10(6)7;1-6-4-2-3-5-6;1-2-3/h2,6,14H,1,3-4H2;1-5H2;3H,2H2,1H3/q;+1;. The predicted octanol–water partition coefficient (Wildman–Crippen LogP) is 1.61. The van der Waals surface area contributed by atoms with Crippen LogP contribution in [-0.2, 0) is 14.3 Å². The van der Waals surface area contributed by atoms with E-state index in [0.29, 0.717) is 10.7 Å². The first-order valence-electron chi connectivity index (χ1n) is 7.82. The van der Waals surface area contributed by atoms with Crippen LogP contribution in [0.2, 0.25) is 0 Å². The average Bonchev–Trinajstić information content (AvgIpc) is 3.11. The molecule has 1 amide bonds. The van der Waals surface area contributed by atoms with Crippen molar-refractivity contribution in [3.05, 3.63) is 22.6 Å². The van der Waals surface area contributed by atoms with Crippen LogP contribution in [0, 0.1) is 0 Å². The lowest BCUT2D eigenvalue weighted by atomic mass is 10.2. The summed E-state index contributed by atoms with van der Waals surface area (Å²) in [6.45, 7) is 11.7. The first-order valence-corrected chi connectivity index (χ1v) is 9.15. The number of nitrogens with zero attached hydrogens (tertiary/aromatic N) is 2. The second-order valence-corrected chi connectivity index (χ2v) is 7.16. The number of hydrogen-bond acceptors (Lipinski definition) is 6. The van der Waals surface area contributed by atoms with Crippen LogP contribution < -0.4 is 0 Å². The number of β-lactam (4-membered cyclic amide) rings is 1. The van der Waals surface area contributed by atoms with Gasteiger partial charge in [0.2, 0.25) is 5.91 Å². The molecule has 2 saturated heterocycles. The molecule has 0 radical (unpaired) electrons. The summed E-state index contributed by atoms with van der Waals surface area (Å²) in [4.78, 5) is 24.3. The first-order chi connectivity index (χ1) is 11.5. The third-order valence-corrected chi connectivity index (χ3v) is 4.92. The zero-order valence-electron chi connectivity index (χ0n) is 13.9. The van der Waals surface area contributed by atoms with Gasteiger partial charge in [-0.3, -0.25) is 9.69 Å². The Hall–Kier alpha value is -1.25. The van der Waals surface area contributed by atoms with Gasteiger partial charge in [0, 0.05) is 19.4 Å². The van der Waals surface area contributed by atoms with Crippen molar-refractivity contribution in [1.82, 2.24) is 4.90 Å². The van der Waals surface area contributed by atoms with Gasteiger partial charge in [-0.1, -0.05) is 24.4 Å². The average molecular weight is 374 g/mol. The second-order valence-electron chi connectivity index (χ2n) is 5.22. The summed E-state index contributed by atoms with van der Waals surface area (Å²) in [5, 5.41) is 7.61. The molecule has 0 saturated carbocycles. The molecule has 6 nitrogen and oxygen atoms in total. The number of thiol groups is 1. The molecule has 3 aliphatic rings. The molecule has 1 unspecified atom stereocenters. The van der Waals surface area contributed by atoms with E-state index in [4.69, 9.17) is 9.84 Å². The normalized spacial score (nSPS) is 21.1. The molecule has 3 aliphatic heterocycles. The number of hydrogen-bond donors (Lipinski definition) is 2. The molecule has 3 heterocycles. The van der Waals surface area contributed by atoms with E-state index in [1.54, 1.807) is 6.92 Å². The Morgan fingerprint density at radius 2 is 2.12 bits per heavy atom. The molecule has 134 valence electrons. The fourth-order valence-electron chi connectivity index (χ4n) is 2.21. The molecular weight excluding hydrogens is 348 g/mol. The highest BCUT2D eigenvalue weighted by Gasteiger charge is 2.48. The second kappa shape index (κ2) is 10.6. The van der Waals surface area contributed by atoms with E-state index >= 15 is 0 Å². The monoisotopic (exact) mass is 373 g/mol. The van der Waals surface area contributed by atoms with Gasteiger partial charge in [0.1, 0.15) is 26.4 Å². The Labute approximate surface area is 152 Å². The number of aliphatic hydroxyl groups is 1. The van der Waals surface area contributed by atoms with Crippen molar-refractivity contribution in [2.24, 2.45) is 0 Å². The number of ether oxygens (including phenoxy) is 1. The van der Waals surface area contributed by atoms with E-state index < -0.39 is 5.97 Å². The quantitative estimate of drug-likeness (QED) is 0.259. The summed E-state index contributed by atoms with van der Waals surface area (Å²) in [6, 6.07) is 0. The van der Waals surface area contributed by atoms with Gasteiger partial charge in [-0.25, -0.2) is 9.37 Å². The highest BCUT2D eigenvalue weighted by atomic mass is 32.2. The van der Waals surface area contributed by atoms with Crippen LogP contribution in [0.5, 0.6) is 0 Å². The summed E-state index contributed by atoms with van der Waals surface area (Å²) in [6.07, 6.45) is 4.65. The number of carbonyl (C=O) groups is 2. The molecule has 3 rings (SSSR count). The van der Waals surface area contributed by atoms with E-state index in [-0.39, 0.29) is 30.2 Å². The molecule has 0 aromatic carbocycles. The maximum Gasteiger partial charge on any atom is 0.357 e. The van der Waals surface area contributed by atoms with Gasteiger partial charge in [0.25, 0.3) is 0 Å². The minimum absolute atomic E-state index is 0.0382. The summed E-state index contributed by atoms with van der Waals surface area (Å²) in [5.41, 5.74) is 0.270. The van der Waals surface area contributed by atoms with Crippen LogP contribution in [0.15, 0.2) is 22.6 Å². The van der Waals surface area contributed by atoms with Crippen LogP contribution >= 0.6 is 24.4 Å². The van der Waals surface area contributed by atoms with Crippen molar-refractivity contribution in [2.75, 3.05) is 26.3 Å². The number of thioether (sulfide) groups is 1. The van der Waals surface area contributed by atoms with Gasteiger partial charge in [-0.2, -0.15) is 0 Å². The largest absolute Gasteiger partial charge is 0.457 e. The third kappa shape index (κ3) is 5.68. The van der Waals surface area contributed by atoms with Gasteiger partial charge in [0.05, 0.1) is 16.0 Å². The third-order valence-electron chi connectivity index (χ3n) is 3.32. The van der Waals surface area contributed by atoms with E-state index in [0.717, 1.165) is 0 Å². The number of carbonyl (C=O) groups excluding carboxylic acids is 2. The van der Waals surface area contributed by atoms with Gasteiger partial charge >= 0.3 is 5.97 Å². The molecule has 8 heteroatoms. The molecule has 1 N–H and O–H groups in total. The Morgan fingerprint density at radius 3 is 2.54 bits per heavy atom. The lowest BCUT2D eigenvalue weighted by Gasteiger charge is -2.34. The minimum Gasteiger partial charge on any atom is -0.457 e. The minimum atomic E-state index is -0.511. The Kier molecular flexibility index (Phi) is 9.17. The number of amides is 1. The molecule has 0 aromatic rings. The van der Waals surface area contributed by atoms with Crippen molar-refractivity contribution in [3.63, 3.8) is 0 Å². The number of esters is 1. The number of fused-ring (bicyclic) bond motifs is 1.